The maximum Gasteiger partial charge on any atom is 0.236 e. The van der Waals surface area contributed by atoms with Crippen LogP contribution in [0.1, 0.15) is 5.56 Å². The summed E-state index contributed by atoms with van der Waals surface area (Å²) in [6.07, 6.45) is 0. The Labute approximate surface area is 75.6 Å². The summed E-state index contributed by atoms with van der Waals surface area (Å²) in [5.41, 5.74) is 6.65. The molecule has 3 nitrogen and oxygen atoms in total. The summed E-state index contributed by atoms with van der Waals surface area (Å²) in [5.74, 6) is -0.158. The number of nitrogens with two attached hydrogens (primary N) is 1. The summed E-state index contributed by atoms with van der Waals surface area (Å²) in [5, 5.41) is 0. The molecule has 0 saturated carbocycles. The Morgan fingerprint density at radius 2 is 1.75 bits per heavy atom. The molecular weight excluding hydrogens is 198 g/mol. The summed E-state index contributed by atoms with van der Waals surface area (Å²) in [4.78, 5) is 0. The highest BCUT2D eigenvalue weighted by molar-refractivity contribution is 8.13. The van der Waals surface area contributed by atoms with Crippen molar-refractivity contribution in [2.45, 2.75) is 5.75 Å². The van der Waals surface area contributed by atoms with Gasteiger partial charge in [-0.15, -0.1) is 0 Å². The number of hydrogen-bond donors (Lipinski definition) is 1. The van der Waals surface area contributed by atoms with Gasteiger partial charge in [-0.1, -0.05) is 12.1 Å². The maximum absolute atomic E-state index is 10.6. The van der Waals surface area contributed by atoms with E-state index in [2.05, 4.69) is 0 Å². The Balaban J connectivity index is 2.85. The summed E-state index contributed by atoms with van der Waals surface area (Å²) in [6, 6.07) is 6.54. The Kier molecular flexibility index (Phi) is 2.59. The van der Waals surface area contributed by atoms with E-state index in [1.165, 1.54) is 0 Å². The first kappa shape index (κ1) is 9.35. The fraction of sp³-hybridized carbons (Fsp3) is 0.143. The second kappa shape index (κ2) is 3.33. The van der Waals surface area contributed by atoms with Crippen LogP contribution in [-0.4, -0.2) is 8.42 Å². The van der Waals surface area contributed by atoms with Crippen molar-refractivity contribution >= 4 is 25.4 Å². The number of hydrogen-bond acceptors (Lipinski definition) is 3. The van der Waals surface area contributed by atoms with Crippen LogP contribution in [0.3, 0.4) is 0 Å². The third kappa shape index (κ3) is 3.11. The van der Waals surface area contributed by atoms with Gasteiger partial charge >= 0.3 is 0 Å². The van der Waals surface area contributed by atoms with Crippen LogP contribution in [0.2, 0.25) is 0 Å². The van der Waals surface area contributed by atoms with E-state index >= 15 is 0 Å². The lowest BCUT2D eigenvalue weighted by molar-refractivity contribution is 0.609. The number of anilines is 1. The number of rotatable bonds is 2. The van der Waals surface area contributed by atoms with Crippen LogP contribution in [0, 0.1) is 0 Å². The second-order valence-corrected chi connectivity index (χ2v) is 5.20. The van der Waals surface area contributed by atoms with Crippen LogP contribution in [0.15, 0.2) is 24.3 Å². The van der Waals surface area contributed by atoms with E-state index in [1.807, 2.05) is 0 Å². The van der Waals surface area contributed by atoms with Gasteiger partial charge in [0, 0.05) is 16.4 Å². The molecule has 0 aliphatic carbocycles. The van der Waals surface area contributed by atoms with E-state index < -0.39 is 9.05 Å². The standard InChI is InChI=1S/C7H8ClNO2S/c8-12(10,11)5-6-1-3-7(9)4-2-6/h1-4H,5,9H2. The van der Waals surface area contributed by atoms with Crippen molar-refractivity contribution in [3.05, 3.63) is 29.8 Å². The monoisotopic (exact) mass is 205 g/mol. The van der Waals surface area contributed by atoms with Gasteiger partial charge in [-0.2, -0.15) is 0 Å². The molecule has 12 heavy (non-hydrogen) atoms. The third-order valence-corrected chi connectivity index (χ3v) is 2.32. The molecule has 0 aliphatic heterocycles. The number of benzene rings is 1. The van der Waals surface area contributed by atoms with Crippen LogP contribution in [0.5, 0.6) is 0 Å². The van der Waals surface area contributed by atoms with Gasteiger partial charge in [0.15, 0.2) is 0 Å². The SMILES string of the molecule is Nc1ccc(CS(=O)(=O)Cl)cc1. The molecule has 0 aliphatic rings. The van der Waals surface area contributed by atoms with E-state index in [0.29, 0.717) is 11.3 Å². The van der Waals surface area contributed by atoms with Crippen molar-refractivity contribution in [1.82, 2.24) is 0 Å². The topological polar surface area (TPSA) is 60.2 Å². The number of halogens is 1. The molecule has 1 aromatic carbocycles. The largest absolute Gasteiger partial charge is 0.399 e. The quantitative estimate of drug-likeness (QED) is 0.586. The van der Waals surface area contributed by atoms with Gasteiger partial charge in [-0.05, 0) is 17.7 Å². The molecule has 0 amide bonds. The first-order valence-electron chi connectivity index (χ1n) is 3.24. The highest BCUT2D eigenvalue weighted by atomic mass is 35.7. The second-order valence-electron chi connectivity index (χ2n) is 2.42. The molecule has 0 radical (unpaired) electrons. The molecule has 0 saturated heterocycles. The molecule has 0 bridgehead atoms. The molecule has 0 spiro atoms. The first-order valence-corrected chi connectivity index (χ1v) is 5.72. The highest BCUT2D eigenvalue weighted by Gasteiger charge is 2.05. The molecular formula is C7H8ClNO2S. The minimum absolute atomic E-state index is 0.158. The van der Waals surface area contributed by atoms with Gasteiger partial charge in [0.2, 0.25) is 9.05 Å². The van der Waals surface area contributed by atoms with Crippen LogP contribution >= 0.6 is 10.7 Å². The minimum Gasteiger partial charge on any atom is -0.399 e. The van der Waals surface area contributed by atoms with Gasteiger partial charge in [-0.25, -0.2) is 8.42 Å². The predicted molar refractivity (Wildman–Crippen MR) is 49.3 cm³/mol. The van der Waals surface area contributed by atoms with Crippen molar-refractivity contribution in [3.63, 3.8) is 0 Å². The molecule has 0 unspecified atom stereocenters. The summed E-state index contributed by atoms with van der Waals surface area (Å²) < 4.78 is 21.2. The van der Waals surface area contributed by atoms with Crippen molar-refractivity contribution in [2.75, 3.05) is 5.73 Å². The van der Waals surface area contributed by atoms with Gasteiger partial charge in [0.25, 0.3) is 0 Å². The highest BCUT2D eigenvalue weighted by Crippen LogP contribution is 2.11. The van der Waals surface area contributed by atoms with E-state index in [0.717, 1.165) is 0 Å². The fourth-order valence-corrected chi connectivity index (χ4v) is 1.78. The lowest BCUT2D eigenvalue weighted by Gasteiger charge is -1.97. The zero-order valence-electron chi connectivity index (χ0n) is 6.20. The van der Waals surface area contributed by atoms with E-state index in [-0.39, 0.29) is 5.75 Å². The van der Waals surface area contributed by atoms with Crippen LogP contribution < -0.4 is 5.73 Å². The Bertz CT molecular complexity index is 357. The van der Waals surface area contributed by atoms with Gasteiger partial charge in [-0.3, -0.25) is 0 Å². The zero-order valence-corrected chi connectivity index (χ0v) is 7.77. The van der Waals surface area contributed by atoms with Crippen molar-refractivity contribution < 1.29 is 8.42 Å². The number of nitrogen functional groups attached to an aromatic ring is 1. The normalized spacial score (nSPS) is 11.4. The molecule has 5 heteroatoms. The minimum atomic E-state index is -3.46. The summed E-state index contributed by atoms with van der Waals surface area (Å²) in [6.45, 7) is 0. The average Bonchev–Trinajstić information content (AvgIpc) is 1.91. The van der Waals surface area contributed by atoms with Crippen LogP contribution in [-0.2, 0) is 14.8 Å². The predicted octanol–water partition coefficient (Wildman–Crippen LogP) is 1.34. The van der Waals surface area contributed by atoms with Gasteiger partial charge in [0.1, 0.15) is 0 Å². The lowest BCUT2D eigenvalue weighted by Crippen LogP contribution is -1.95. The van der Waals surface area contributed by atoms with E-state index in [9.17, 15) is 8.42 Å². The Morgan fingerprint density at radius 1 is 1.25 bits per heavy atom. The van der Waals surface area contributed by atoms with Crippen molar-refractivity contribution in [2.24, 2.45) is 0 Å². The maximum atomic E-state index is 10.6. The molecule has 0 aromatic heterocycles. The van der Waals surface area contributed by atoms with E-state index in [1.54, 1.807) is 24.3 Å². The average molecular weight is 206 g/mol. The third-order valence-electron chi connectivity index (χ3n) is 1.32. The lowest BCUT2D eigenvalue weighted by atomic mass is 10.2. The van der Waals surface area contributed by atoms with E-state index in [4.69, 9.17) is 16.4 Å². The van der Waals surface area contributed by atoms with Crippen molar-refractivity contribution in [3.8, 4) is 0 Å². The molecule has 1 rings (SSSR count). The van der Waals surface area contributed by atoms with Crippen LogP contribution in [0.25, 0.3) is 0 Å². The van der Waals surface area contributed by atoms with Gasteiger partial charge < -0.3 is 5.73 Å². The fourth-order valence-electron chi connectivity index (χ4n) is 0.813. The zero-order chi connectivity index (χ0) is 9.19. The first-order chi connectivity index (χ1) is 5.47. The Hall–Kier alpha value is -0.740. The smallest absolute Gasteiger partial charge is 0.236 e. The summed E-state index contributed by atoms with van der Waals surface area (Å²) >= 11 is 0. The summed E-state index contributed by atoms with van der Waals surface area (Å²) in [7, 11) is 1.59. The molecule has 1 aromatic rings. The van der Waals surface area contributed by atoms with Crippen molar-refractivity contribution in [1.29, 1.82) is 0 Å². The van der Waals surface area contributed by atoms with Gasteiger partial charge in [0.05, 0.1) is 5.75 Å². The van der Waals surface area contributed by atoms with Crippen LogP contribution in [0.4, 0.5) is 5.69 Å². The molecule has 0 fully saturated rings. The molecule has 0 atom stereocenters. The molecule has 0 heterocycles. The molecule has 2 N–H and O–H groups in total. The Morgan fingerprint density at radius 3 is 2.17 bits per heavy atom. The molecule has 66 valence electrons.